The Balaban J connectivity index is 1.59. The van der Waals surface area contributed by atoms with Crippen molar-refractivity contribution < 1.29 is 19.4 Å². The summed E-state index contributed by atoms with van der Waals surface area (Å²) in [5.74, 6) is 1.47. The van der Waals surface area contributed by atoms with E-state index < -0.39 is 5.97 Å². The molecule has 0 amide bonds. The van der Waals surface area contributed by atoms with Crippen molar-refractivity contribution in [1.82, 2.24) is 9.88 Å². The molecule has 0 aliphatic carbocycles. The van der Waals surface area contributed by atoms with Gasteiger partial charge in [0.25, 0.3) is 0 Å². The van der Waals surface area contributed by atoms with Gasteiger partial charge in [0, 0.05) is 50.6 Å². The third-order valence-electron chi connectivity index (χ3n) is 4.58. The Morgan fingerprint density at radius 3 is 2.46 bits per heavy atom. The normalized spacial score (nSPS) is 14.9. The van der Waals surface area contributed by atoms with Gasteiger partial charge in [-0.3, -0.25) is 4.90 Å². The zero-order valence-electron chi connectivity index (χ0n) is 15.0. The third kappa shape index (κ3) is 4.05. The lowest BCUT2D eigenvalue weighted by atomic mass is 10.1. The van der Waals surface area contributed by atoms with Crippen LogP contribution in [0.2, 0.25) is 0 Å². The SMILES string of the molecule is COc1ccc(CN2CCN(c3ccc(C(=O)O)cn3)CC2)c(OC)c1. The average molecular weight is 357 g/mol. The molecule has 0 atom stereocenters. The number of carbonyl (C=O) groups is 1. The van der Waals surface area contributed by atoms with E-state index in [9.17, 15) is 4.79 Å². The number of hydrogen-bond acceptors (Lipinski definition) is 6. The van der Waals surface area contributed by atoms with Gasteiger partial charge in [-0.1, -0.05) is 6.07 Å². The van der Waals surface area contributed by atoms with Crippen LogP contribution in [0.1, 0.15) is 15.9 Å². The summed E-state index contributed by atoms with van der Waals surface area (Å²) in [5, 5.41) is 8.96. The highest BCUT2D eigenvalue weighted by Crippen LogP contribution is 2.26. The number of aromatic nitrogens is 1. The number of methoxy groups -OCH3 is 2. The molecule has 1 aromatic heterocycles. The Labute approximate surface area is 152 Å². The van der Waals surface area contributed by atoms with Gasteiger partial charge in [-0.05, 0) is 18.2 Å². The number of carboxylic acids is 1. The second kappa shape index (κ2) is 8.05. The van der Waals surface area contributed by atoms with Crippen LogP contribution in [0, 0.1) is 0 Å². The molecule has 138 valence electrons. The highest BCUT2D eigenvalue weighted by atomic mass is 16.5. The minimum atomic E-state index is -0.956. The maximum Gasteiger partial charge on any atom is 0.337 e. The largest absolute Gasteiger partial charge is 0.497 e. The Bertz CT molecular complexity index is 756. The summed E-state index contributed by atoms with van der Waals surface area (Å²) in [4.78, 5) is 19.7. The fourth-order valence-electron chi connectivity index (χ4n) is 3.06. The molecule has 1 aliphatic heterocycles. The van der Waals surface area contributed by atoms with Crippen molar-refractivity contribution in [3.05, 3.63) is 47.7 Å². The molecular weight excluding hydrogens is 334 g/mol. The van der Waals surface area contributed by atoms with Gasteiger partial charge in [0.15, 0.2) is 0 Å². The molecule has 2 aromatic rings. The standard InChI is InChI=1S/C19H23N3O4/c1-25-16-5-3-15(17(11-16)26-2)13-21-7-9-22(10-8-21)18-6-4-14(12-20-18)19(23)24/h3-6,11-12H,7-10,13H2,1-2H3,(H,23,24). The molecule has 1 saturated heterocycles. The predicted molar refractivity (Wildman–Crippen MR) is 98.2 cm³/mol. The maximum atomic E-state index is 10.9. The van der Waals surface area contributed by atoms with Crippen molar-refractivity contribution in [2.24, 2.45) is 0 Å². The number of nitrogens with zero attached hydrogens (tertiary/aromatic N) is 3. The zero-order valence-corrected chi connectivity index (χ0v) is 15.0. The average Bonchev–Trinajstić information content (AvgIpc) is 2.69. The first-order valence-corrected chi connectivity index (χ1v) is 8.48. The Kier molecular flexibility index (Phi) is 5.58. The topological polar surface area (TPSA) is 75.1 Å². The van der Waals surface area contributed by atoms with Gasteiger partial charge in [0.2, 0.25) is 0 Å². The van der Waals surface area contributed by atoms with Crippen LogP contribution in [0.3, 0.4) is 0 Å². The van der Waals surface area contributed by atoms with Crippen LogP contribution < -0.4 is 14.4 Å². The van der Waals surface area contributed by atoms with Crippen LogP contribution >= 0.6 is 0 Å². The molecule has 0 bridgehead atoms. The summed E-state index contributed by atoms with van der Waals surface area (Å²) in [5.41, 5.74) is 1.34. The van der Waals surface area contributed by atoms with Crippen LogP contribution in [0.15, 0.2) is 36.5 Å². The van der Waals surface area contributed by atoms with Crippen LogP contribution in [-0.4, -0.2) is 61.4 Å². The summed E-state index contributed by atoms with van der Waals surface area (Å²) in [6.45, 7) is 4.30. The minimum Gasteiger partial charge on any atom is -0.497 e. The van der Waals surface area contributed by atoms with E-state index in [1.54, 1.807) is 26.4 Å². The van der Waals surface area contributed by atoms with Crippen molar-refractivity contribution in [1.29, 1.82) is 0 Å². The van der Waals surface area contributed by atoms with Crippen molar-refractivity contribution >= 4 is 11.8 Å². The lowest BCUT2D eigenvalue weighted by molar-refractivity contribution is 0.0696. The first kappa shape index (κ1) is 18.0. The number of anilines is 1. The number of piperazine rings is 1. The lowest BCUT2D eigenvalue weighted by Crippen LogP contribution is -2.46. The van der Waals surface area contributed by atoms with Crippen LogP contribution in [0.25, 0.3) is 0 Å². The molecule has 1 N–H and O–H groups in total. The quantitative estimate of drug-likeness (QED) is 0.849. The van der Waals surface area contributed by atoms with E-state index in [4.69, 9.17) is 14.6 Å². The second-order valence-corrected chi connectivity index (χ2v) is 6.15. The van der Waals surface area contributed by atoms with Crippen molar-refractivity contribution in [2.45, 2.75) is 6.54 Å². The molecule has 0 spiro atoms. The minimum absolute atomic E-state index is 0.207. The van der Waals surface area contributed by atoms with E-state index in [0.717, 1.165) is 55.6 Å². The van der Waals surface area contributed by atoms with Gasteiger partial charge in [-0.25, -0.2) is 9.78 Å². The highest BCUT2D eigenvalue weighted by Gasteiger charge is 2.19. The third-order valence-corrected chi connectivity index (χ3v) is 4.58. The summed E-state index contributed by atoms with van der Waals surface area (Å²) in [6, 6.07) is 9.25. The molecule has 1 aliphatic rings. The number of hydrogen-bond donors (Lipinski definition) is 1. The van der Waals surface area contributed by atoms with Gasteiger partial charge in [0.05, 0.1) is 19.8 Å². The van der Waals surface area contributed by atoms with Crippen LogP contribution in [0.5, 0.6) is 11.5 Å². The lowest BCUT2D eigenvalue weighted by Gasteiger charge is -2.35. The molecule has 3 rings (SSSR count). The molecule has 2 heterocycles. The summed E-state index contributed by atoms with van der Waals surface area (Å²) < 4.78 is 10.7. The van der Waals surface area contributed by atoms with E-state index in [2.05, 4.69) is 14.8 Å². The monoisotopic (exact) mass is 357 g/mol. The number of pyridine rings is 1. The number of rotatable bonds is 6. The Hall–Kier alpha value is -2.80. The molecule has 0 saturated carbocycles. The van der Waals surface area contributed by atoms with Gasteiger partial charge in [-0.2, -0.15) is 0 Å². The molecule has 1 fully saturated rings. The van der Waals surface area contributed by atoms with Gasteiger partial charge in [0.1, 0.15) is 17.3 Å². The van der Waals surface area contributed by atoms with E-state index in [1.165, 1.54) is 6.20 Å². The molecule has 26 heavy (non-hydrogen) atoms. The van der Waals surface area contributed by atoms with Crippen molar-refractivity contribution in [3.8, 4) is 11.5 Å². The Morgan fingerprint density at radius 1 is 1.12 bits per heavy atom. The van der Waals surface area contributed by atoms with E-state index in [0.29, 0.717) is 0 Å². The van der Waals surface area contributed by atoms with E-state index >= 15 is 0 Å². The molecular formula is C19H23N3O4. The fraction of sp³-hybridized carbons (Fsp3) is 0.368. The molecule has 1 aromatic carbocycles. The molecule has 0 radical (unpaired) electrons. The Morgan fingerprint density at radius 2 is 1.88 bits per heavy atom. The van der Waals surface area contributed by atoms with Crippen LogP contribution in [-0.2, 0) is 6.54 Å². The number of carboxylic acid groups (broad SMARTS) is 1. The predicted octanol–water partition coefficient (Wildman–Crippen LogP) is 2.12. The maximum absolute atomic E-state index is 10.9. The summed E-state index contributed by atoms with van der Waals surface area (Å²) >= 11 is 0. The first-order valence-electron chi connectivity index (χ1n) is 8.48. The van der Waals surface area contributed by atoms with E-state index in [-0.39, 0.29) is 5.56 Å². The van der Waals surface area contributed by atoms with Crippen LogP contribution in [0.4, 0.5) is 5.82 Å². The number of aromatic carboxylic acids is 1. The molecule has 0 unspecified atom stereocenters. The van der Waals surface area contributed by atoms with E-state index in [1.807, 2.05) is 18.2 Å². The fourth-order valence-corrected chi connectivity index (χ4v) is 3.06. The number of ether oxygens (including phenoxy) is 2. The second-order valence-electron chi connectivity index (χ2n) is 6.15. The molecule has 7 heteroatoms. The highest BCUT2D eigenvalue weighted by molar-refractivity contribution is 5.87. The molecule has 7 nitrogen and oxygen atoms in total. The number of benzene rings is 1. The summed E-state index contributed by atoms with van der Waals surface area (Å²) in [6.07, 6.45) is 1.41. The smallest absolute Gasteiger partial charge is 0.337 e. The zero-order chi connectivity index (χ0) is 18.5. The van der Waals surface area contributed by atoms with Gasteiger partial charge < -0.3 is 19.5 Å². The van der Waals surface area contributed by atoms with Gasteiger partial charge >= 0.3 is 5.97 Å². The first-order chi connectivity index (χ1) is 12.6. The van der Waals surface area contributed by atoms with Crippen molar-refractivity contribution in [2.75, 3.05) is 45.3 Å². The summed E-state index contributed by atoms with van der Waals surface area (Å²) in [7, 11) is 3.31. The van der Waals surface area contributed by atoms with Gasteiger partial charge in [-0.15, -0.1) is 0 Å². The van der Waals surface area contributed by atoms with Crippen molar-refractivity contribution in [3.63, 3.8) is 0 Å².